The first-order valence-electron chi connectivity index (χ1n) is 6.28. The number of hydrogen-bond acceptors (Lipinski definition) is 3. The van der Waals surface area contributed by atoms with Crippen LogP contribution in [0.25, 0.3) is 0 Å². The highest BCUT2D eigenvalue weighted by molar-refractivity contribution is 6.28. The summed E-state index contributed by atoms with van der Waals surface area (Å²) < 4.78 is 7.55. The van der Waals surface area contributed by atoms with Crippen LogP contribution in [0.4, 0.5) is 0 Å². The van der Waals surface area contributed by atoms with E-state index in [1.807, 2.05) is 11.5 Å². The molecule has 1 atom stereocenters. The smallest absolute Gasteiger partial charge is 0.225 e. The van der Waals surface area contributed by atoms with Gasteiger partial charge in [-0.3, -0.25) is 4.57 Å². The molecule has 0 radical (unpaired) electrons. The fourth-order valence-corrected chi connectivity index (χ4v) is 2.09. The summed E-state index contributed by atoms with van der Waals surface area (Å²) in [5.74, 6) is 1.39. The highest BCUT2D eigenvalue weighted by atomic mass is 35.5. The van der Waals surface area contributed by atoms with Crippen LogP contribution < -0.4 is 0 Å². The molecular formula is C12H22ClN3O. The minimum absolute atomic E-state index is 0.207. The van der Waals surface area contributed by atoms with E-state index >= 15 is 0 Å². The minimum Gasteiger partial charge on any atom is -0.380 e. The summed E-state index contributed by atoms with van der Waals surface area (Å²) in [7, 11) is 0. The lowest BCUT2D eigenvalue weighted by molar-refractivity contribution is 0.0952. The molecule has 0 bridgehead atoms. The zero-order valence-corrected chi connectivity index (χ0v) is 11.9. The third-order valence-electron chi connectivity index (χ3n) is 2.79. The zero-order chi connectivity index (χ0) is 12.8. The second-order valence-electron chi connectivity index (χ2n) is 4.48. The first-order chi connectivity index (χ1) is 8.11. The van der Waals surface area contributed by atoms with E-state index in [1.54, 1.807) is 0 Å². The van der Waals surface area contributed by atoms with Crippen molar-refractivity contribution in [2.45, 2.75) is 46.6 Å². The average molecular weight is 260 g/mol. The van der Waals surface area contributed by atoms with Crippen molar-refractivity contribution in [3.63, 3.8) is 0 Å². The lowest BCUT2D eigenvalue weighted by Crippen LogP contribution is -2.23. The van der Waals surface area contributed by atoms with Gasteiger partial charge >= 0.3 is 0 Å². The number of hydrogen-bond donors (Lipinski definition) is 0. The molecule has 0 aliphatic carbocycles. The maximum absolute atomic E-state index is 6.13. The van der Waals surface area contributed by atoms with Crippen LogP contribution in [0.5, 0.6) is 0 Å². The van der Waals surface area contributed by atoms with Gasteiger partial charge in [-0.15, -0.1) is 10.2 Å². The third-order valence-corrected chi connectivity index (χ3v) is 3.05. The predicted molar refractivity (Wildman–Crippen MR) is 69.4 cm³/mol. The first-order valence-corrected chi connectivity index (χ1v) is 6.66. The molecule has 0 fully saturated rings. The molecule has 98 valence electrons. The van der Waals surface area contributed by atoms with Gasteiger partial charge in [0.1, 0.15) is 5.82 Å². The van der Waals surface area contributed by atoms with Crippen molar-refractivity contribution in [1.82, 2.24) is 14.8 Å². The van der Waals surface area contributed by atoms with E-state index < -0.39 is 0 Å². The molecule has 0 saturated heterocycles. The number of nitrogens with zero attached hydrogens (tertiary/aromatic N) is 3. The molecule has 1 aromatic heterocycles. The summed E-state index contributed by atoms with van der Waals surface area (Å²) >= 11 is 6.13. The molecular weight excluding hydrogens is 238 g/mol. The number of ether oxygens (including phenoxy) is 1. The van der Waals surface area contributed by atoms with Crippen molar-refractivity contribution in [3.05, 3.63) is 11.1 Å². The van der Waals surface area contributed by atoms with Crippen LogP contribution in [0.3, 0.4) is 0 Å². The molecule has 0 aliphatic rings. The lowest BCUT2D eigenvalue weighted by atomic mass is 10.0. The summed E-state index contributed by atoms with van der Waals surface area (Å²) in [5, 5.41) is 8.58. The Morgan fingerprint density at radius 3 is 2.53 bits per heavy atom. The van der Waals surface area contributed by atoms with Crippen LogP contribution in [0.15, 0.2) is 0 Å². The van der Waals surface area contributed by atoms with Crippen LogP contribution in [0, 0.1) is 5.92 Å². The molecule has 1 rings (SSSR count). The predicted octanol–water partition coefficient (Wildman–Crippen LogP) is 3.12. The van der Waals surface area contributed by atoms with Crippen LogP contribution in [0.1, 0.15) is 46.0 Å². The molecule has 4 nitrogen and oxygen atoms in total. The Labute approximate surface area is 108 Å². The van der Waals surface area contributed by atoms with Gasteiger partial charge in [-0.25, -0.2) is 0 Å². The summed E-state index contributed by atoms with van der Waals surface area (Å²) in [4.78, 5) is 0. The van der Waals surface area contributed by atoms with Crippen molar-refractivity contribution < 1.29 is 4.74 Å². The lowest BCUT2D eigenvalue weighted by Gasteiger charge is -2.24. The summed E-state index contributed by atoms with van der Waals surface area (Å²) in [6.07, 6.45) is 1.93. The van der Waals surface area contributed by atoms with Gasteiger partial charge in [-0.05, 0) is 30.9 Å². The zero-order valence-electron chi connectivity index (χ0n) is 11.1. The standard InChI is InChI=1S/C12H22ClN3O/c1-5-7-11-14-15-12(13)16(11)10(9(3)4)8-17-6-2/h9-10H,5-8H2,1-4H3. The molecule has 17 heavy (non-hydrogen) atoms. The van der Waals surface area contributed by atoms with Gasteiger partial charge in [0.05, 0.1) is 12.6 Å². The van der Waals surface area contributed by atoms with Gasteiger partial charge in [0.25, 0.3) is 0 Å². The van der Waals surface area contributed by atoms with E-state index in [1.165, 1.54) is 0 Å². The van der Waals surface area contributed by atoms with Crippen LogP contribution in [-0.4, -0.2) is 28.0 Å². The number of halogens is 1. The Morgan fingerprint density at radius 1 is 1.29 bits per heavy atom. The largest absolute Gasteiger partial charge is 0.380 e. The van der Waals surface area contributed by atoms with Gasteiger partial charge in [-0.2, -0.15) is 0 Å². The summed E-state index contributed by atoms with van der Waals surface area (Å²) in [6, 6.07) is 0.207. The van der Waals surface area contributed by atoms with Crippen molar-refractivity contribution in [2.75, 3.05) is 13.2 Å². The maximum Gasteiger partial charge on any atom is 0.225 e. The van der Waals surface area contributed by atoms with Crippen molar-refractivity contribution >= 4 is 11.6 Å². The van der Waals surface area contributed by atoms with E-state index in [0.29, 0.717) is 24.4 Å². The van der Waals surface area contributed by atoms with Crippen molar-refractivity contribution in [1.29, 1.82) is 0 Å². The van der Waals surface area contributed by atoms with Crippen LogP contribution in [0.2, 0.25) is 5.28 Å². The van der Waals surface area contributed by atoms with E-state index in [0.717, 1.165) is 18.7 Å². The highest BCUT2D eigenvalue weighted by Crippen LogP contribution is 2.24. The quantitative estimate of drug-likeness (QED) is 0.755. The number of aromatic nitrogens is 3. The monoisotopic (exact) mass is 259 g/mol. The van der Waals surface area contributed by atoms with E-state index in [4.69, 9.17) is 16.3 Å². The molecule has 0 aliphatic heterocycles. The van der Waals surface area contributed by atoms with E-state index in [9.17, 15) is 0 Å². The van der Waals surface area contributed by atoms with Gasteiger partial charge < -0.3 is 4.74 Å². The van der Waals surface area contributed by atoms with E-state index in [2.05, 4.69) is 31.0 Å². The maximum atomic E-state index is 6.13. The SMILES string of the molecule is CCCc1nnc(Cl)n1C(COCC)C(C)C. The third kappa shape index (κ3) is 3.68. The van der Waals surface area contributed by atoms with E-state index in [-0.39, 0.29) is 6.04 Å². The topological polar surface area (TPSA) is 39.9 Å². The first kappa shape index (κ1) is 14.5. The molecule has 0 spiro atoms. The molecule has 1 aromatic rings. The summed E-state index contributed by atoms with van der Waals surface area (Å²) in [5.41, 5.74) is 0. The second kappa shape index (κ2) is 6.97. The molecule has 0 N–H and O–H groups in total. The van der Waals surface area contributed by atoms with Crippen molar-refractivity contribution in [3.8, 4) is 0 Å². The molecule has 5 heteroatoms. The fourth-order valence-electron chi connectivity index (χ4n) is 1.83. The Kier molecular flexibility index (Phi) is 5.92. The van der Waals surface area contributed by atoms with Gasteiger partial charge in [0.2, 0.25) is 5.28 Å². The van der Waals surface area contributed by atoms with Gasteiger partial charge in [0.15, 0.2) is 0 Å². The van der Waals surface area contributed by atoms with Gasteiger partial charge in [0, 0.05) is 13.0 Å². The molecule has 1 unspecified atom stereocenters. The Morgan fingerprint density at radius 2 is 2.00 bits per heavy atom. The highest BCUT2D eigenvalue weighted by Gasteiger charge is 2.22. The molecule has 0 amide bonds. The number of rotatable bonds is 7. The normalized spacial score (nSPS) is 13.3. The Balaban J connectivity index is 2.95. The molecule has 0 saturated carbocycles. The Bertz CT molecular complexity index is 338. The second-order valence-corrected chi connectivity index (χ2v) is 4.81. The van der Waals surface area contributed by atoms with Crippen LogP contribution in [-0.2, 0) is 11.2 Å². The van der Waals surface area contributed by atoms with Crippen LogP contribution >= 0.6 is 11.6 Å². The molecule has 1 heterocycles. The summed E-state index contributed by atoms with van der Waals surface area (Å²) in [6.45, 7) is 9.82. The fraction of sp³-hybridized carbons (Fsp3) is 0.833. The average Bonchev–Trinajstić information content (AvgIpc) is 2.62. The molecule has 0 aromatic carbocycles. The van der Waals surface area contributed by atoms with Gasteiger partial charge in [-0.1, -0.05) is 20.8 Å². The Hall–Kier alpha value is -0.610. The van der Waals surface area contributed by atoms with Crippen molar-refractivity contribution in [2.24, 2.45) is 5.92 Å². The minimum atomic E-state index is 0.207. The number of aryl methyl sites for hydroxylation is 1.